The summed E-state index contributed by atoms with van der Waals surface area (Å²) in [6.07, 6.45) is 2.77. The fraction of sp³-hybridized carbons (Fsp3) is 0.250. The highest BCUT2D eigenvalue weighted by Crippen LogP contribution is 2.58. The number of rotatable bonds is 3. The molecule has 0 saturated heterocycles. The van der Waals surface area contributed by atoms with Crippen LogP contribution in [0, 0.1) is 0 Å². The Bertz CT molecular complexity index is 744. The molecule has 2 aromatic rings. The molecule has 0 bridgehead atoms. The van der Waals surface area contributed by atoms with E-state index in [0.717, 1.165) is 36.5 Å². The first-order valence-corrected chi connectivity index (χ1v) is 7.04. The summed E-state index contributed by atoms with van der Waals surface area (Å²) in [5.41, 5.74) is 6.21. The number of amides is 1. The topological polar surface area (TPSA) is 83.7 Å². The molecule has 2 aliphatic rings. The van der Waals surface area contributed by atoms with Gasteiger partial charge in [0.05, 0.1) is 12.8 Å². The Balaban J connectivity index is 0.00000156. The maximum absolute atomic E-state index is 10.7. The van der Waals surface area contributed by atoms with Gasteiger partial charge < -0.3 is 19.9 Å². The molecule has 1 fully saturated rings. The summed E-state index contributed by atoms with van der Waals surface area (Å²) >= 11 is 0. The molecule has 2 N–H and O–H groups in total. The molecule has 1 amide bonds. The van der Waals surface area contributed by atoms with Gasteiger partial charge in [0, 0.05) is 17.0 Å². The summed E-state index contributed by atoms with van der Waals surface area (Å²) in [5.74, 6) is 2.36. The van der Waals surface area contributed by atoms with Crippen LogP contribution >= 0.6 is 12.4 Å². The molecule has 0 atom stereocenters. The Labute approximate surface area is 139 Å². The van der Waals surface area contributed by atoms with E-state index in [1.165, 1.54) is 6.20 Å². The van der Waals surface area contributed by atoms with Gasteiger partial charge in [-0.3, -0.25) is 0 Å². The van der Waals surface area contributed by atoms with Gasteiger partial charge in [-0.05, 0) is 31.0 Å². The number of aromatic nitrogens is 1. The van der Waals surface area contributed by atoms with Crippen LogP contribution in [0.2, 0.25) is 0 Å². The van der Waals surface area contributed by atoms with E-state index in [1.54, 1.807) is 12.1 Å². The first-order valence-electron chi connectivity index (χ1n) is 7.04. The summed E-state index contributed by atoms with van der Waals surface area (Å²) < 4.78 is 16.4. The number of nitrogens with zero attached hydrogens (tertiary/aromatic N) is 1. The lowest BCUT2D eigenvalue weighted by Gasteiger charge is -2.12. The zero-order valence-electron chi connectivity index (χ0n) is 12.2. The smallest absolute Gasteiger partial charge is 0.410 e. The Hall–Kier alpha value is -2.47. The molecule has 7 heteroatoms. The number of carbonyl (C=O) groups is 1. The maximum Gasteiger partial charge on any atom is 0.410 e. The number of benzene rings is 1. The normalized spacial score (nSPS) is 16.0. The fourth-order valence-electron chi connectivity index (χ4n) is 2.79. The fourth-order valence-corrected chi connectivity index (χ4v) is 2.79. The van der Waals surface area contributed by atoms with Crippen LogP contribution in [0.1, 0.15) is 18.4 Å². The van der Waals surface area contributed by atoms with Crippen LogP contribution in [0.5, 0.6) is 23.1 Å². The summed E-state index contributed by atoms with van der Waals surface area (Å²) in [7, 11) is 0. The highest BCUT2D eigenvalue weighted by molar-refractivity contribution is 5.85. The average molecular weight is 335 g/mol. The second kappa shape index (κ2) is 5.62. The monoisotopic (exact) mass is 334 g/mol. The molecule has 0 radical (unpaired) electrons. The lowest BCUT2D eigenvalue weighted by Crippen LogP contribution is -2.16. The number of carbonyl (C=O) groups excluding carboxylic acids is 1. The highest BCUT2D eigenvalue weighted by atomic mass is 35.5. The number of ether oxygens (including phenoxy) is 3. The third-order valence-corrected chi connectivity index (χ3v) is 4.02. The van der Waals surface area contributed by atoms with E-state index >= 15 is 0 Å². The van der Waals surface area contributed by atoms with Crippen molar-refractivity contribution in [1.82, 2.24) is 4.98 Å². The van der Waals surface area contributed by atoms with Crippen LogP contribution in [0.4, 0.5) is 4.79 Å². The van der Waals surface area contributed by atoms with Crippen molar-refractivity contribution in [3.05, 3.63) is 42.1 Å². The first-order chi connectivity index (χ1) is 10.7. The van der Waals surface area contributed by atoms with Gasteiger partial charge >= 0.3 is 6.09 Å². The van der Waals surface area contributed by atoms with Crippen molar-refractivity contribution < 1.29 is 19.0 Å². The van der Waals surface area contributed by atoms with Gasteiger partial charge in [-0.25, -0.2) is 9.78 Å². The van der Waals surface area contributed by atoms with Crippen LogP contribution in [0.15, 0.2) is 36.5 Å². The standard InChI is InChI=1S/C16H14N2O4.ClH/c17-15(19)21-10-4-5-13(18-8-10)22-12-3-1-2-11-14(12)16(6-7-16)9-20-11;/h1-5,8H,6-7,9H2,(H2,17,19);1H. The van der Waals surface area contributed by atoms with E-state index in [1.807, 2.05) is 18.2 Å². The Kier molecular flexibility index (Phi) is 3.77. The number of pyridine rings is 1. The average Bonchev–Trinajstić information content (AvgIpc) is 3.17. The summed E-state index contributed by atoms with van der Waals surface area (Å²) in [6.45, 7) is 0.724. The molecule has 23 heavy (non-hydrogen) atoms. The van der Waals surface area contributed by atoms with Crippen molar-refractivity contribution in [3.8, 4) is 23.1 Å². The summed E-state index contributed by atoms with van der Waals surface area (Å²) in [6, 6.07) is 9.00. The molecule has 1 aromatic carbocycles. The van der Waals surface area contributed by atoms with Gasteiger partial charge in [0.25, 0.3) is 0 Å². The summed E-state index contributed by atoms with van der Waals surface area (Å²) in [5, 5.41) is 0. The predicted molar refractivity (Wildman–Crippen MR) is 84.6 cm³/mol. The molecule has 1 aliphatic carbocycles. The Morgan fingerprint density at radius 2 is 2.09 bits per heavy atom. The lowest BCUT2D eigenvalue weighted by molar-refractivity contribution is 0.210. The number of hydrogen-bond donors (Lipinski definition) is 1. The molecule has 1 saturated carbocycles. The quantitative estimate of drug-likeness (QED) is 0.932. The van der Waals surface area contributed by atoms with Gasteiger partial charge in [-0.15, -0.1) is 12.4 Å². The number of hydrogen-bond acceptors (Lipinski definition) is 5. The molecule has 1 spiro atoms. The number of nitrogens with two attached hydrogens (primary N) is 1. The first kappa shape index (κ1) is 15.4. The third-order valence-electron chi connectivity index (χ3n) is 4.02. The molecule has 2 heterocycles. The Morgan fingerprint density at radius 3 is 2.74 bits per heavy atom. The second-order valence-corrected chi connectivity index (χ2v) is 5.55. The minimum absolute atomic E-state index is 0. The minimum Gasteiger partial charge on any atom is -0.492 e. The number of fused-ring (bicyclic) bond motifs is 2. The number of halogens is 1. The predicted octanol–water partition coefficient (Wildman–Crippen LogP) is 3.18. The van der Waals surface area contributed by atoms with E-state index in [9.17, 15) is 4.79 Å². The maximum atomic E-state index is 10.7. The van der Waals surface area contributed by atoms with Gasteiger partial charge in [0.2, 0.25) is 5.88 Å². The van der Waals surface area contributed by atoms with Crippen molar-refractivity contribution in [1.29, 1.82) is 0 Å². The number of primary amides is 1. The van der Waals surface area contributed by atoms with E-state index in [-0.39, 0.29) is 23.6 Å². The molecule has 1 aliphatic heterocycles. The molecule has 4 rings (SSSR count). The van der Waals surface area contributed by atoms with E-state index in [0.29, 0.717) is 5.88 Å². The third kappa shape index (κ3) is 2.77. The van der Waals surface area contributed by atoms with Crippen molar-refractivity contribution in [2.75, 3.05) is 6.61 Å². The van der Waals surface area contributed by atoms with Crippen LogP contribution in [-0.4, -0.2) is 17.7 Å². The zero-order chi connectivity index (χ0) is 15.2. The Morgan fingerprint density at radius 1 is 1.26 bits per heavy atom. The van der Waals surface area contributed by atoms with Gasteiger partial charge in [0.1, 0.15) is 11.5 Å². The van der Waals surface area contributed by atoms with Gasteiger partial charge in [-0.1, -0.05) is 6.07 Å². The molecule has 1 aromatic heterocycles. The zero-order valence-corrected chi connectivity index (χ0v) is 13.0. The minimum atomic E-state index is -0.871. The van der Waals surface area contributed by atoms with Gasteiger partial charge in [0.15, 0.2) is 5.75 Å². The molecular formula is C16H15ClN2O4. The van der Waals surface area contributed by atoms with Crippen LogP contribution in [-0.2, 0) is 5.41 Å². The van der Waals surface area contributed by atoms with Crippen molar-refractivity contribution in [3.63, 3.8) is 0 Å². The molecular weight excluding hydrogens is 320 g/mol. The summed E-state index contributed by atoms with van der Waals surface area (Å²) in [4.78, 5) is 14.8. The van der Waals surface area contributed by atoms with Gasteiger partial charge in [-0.2, -0.15) is 0 Å². The van der Waals surface area contributed by atoms with Crippen LogP contribution in [0.3, 0.4) is 0 Å². The van der Waals surface area contributed by atoms with Crippen molar-refractivity contribution in [2.24, 2.45) is 5.73 Å². The van der Waals surface area contributed by atoms with E-state index in [2.05, 4.69) is 4.98 Å². The van der Waals surface area contributed by atoms with Crippen molar-refractivity contribution in [2.45, 2.75) is 18.3 Å². The van der Waals surface area contributed by atoms with Crippen LogP contribution < -0.4 is 19.9 Å². The highest BCUT2D eigenvalue weighted by Gasteiger charge is 2.52. The molecule has 6 nitrogen and oxygen atoms in total. The molecule has 120 valence electrons. The largest absolute Gasteiger partial charge is 0.492 e. The SMILES string of the molecule is Cl.NC(=O)Oc1ccc(Oc2cccc3c2C2(CC2)CO3)nc1. The van der Waals surface area contributed by atoms with E-state index in [4.69, 9.17) is 19.9 Å². The van der Waals surface area contributed by atoms with Crippen molar-refractivity contribution >= 4 is 18.5 Å². The van der Waals surface area contributed by atoms with E-state index < -0.39 is 6.09 Å². The lowest BCUT2D eigenvalue weighted by atomic mass is 9.97. The second-order valence-electron chi connectivity index (χ2n) is 5.55. The van der Waals surface area contributed by atoms with Crippen LogP contribution in [0.25, 0.3) is 0 Å². The molecule has 0 unspecified atom stereocenters.